The number of rotatable bonds is 7. The van der Waals surface area contributed by atoms with E-state index in [0.717, 1.165) is 13.2 Å². The van der Waals surface area contributed by atoms with Crippen molar-refractivity contribution in [2.24, 2.45) is 10.2 Å². The summed E-state index contributed by atoms with van der Waals surface area (Å²) in [6.45, 7) is -1.39. The first kappa shape index (κ1) is 17.5. The fraction of sp³-hybridized carbons (Fsp3) is 0.308. The van der Waals surface area contributed by atoms with Gasteiger partial charge in [-0.2, -0.15) is 0 Å². The van der Waals surface area contributed by atoms with Gasteiger partial charge in [-0.05, 0) is 12.1 Å². The number of methoxy groups -OCH3 is 2. The zero-order valence-corrected chi connectivity index (χ0v) is 11.9. The SMILES string of the molecule is COCC(O)=C(N=Nc1ccc(OCF)cc1F)C(=O)OC. The Kier molecular flexibility index (Phi) is 6.90. The number of ether oxygens (including phenoxy) is 3. The third-order valence-electron chi connectivity index (χ3n) is 2.33. The van der Waals surface area contributed by atoms with Gasteiger partial charge in [0.25, 0.3) is 0 Å². The summed E-state index contributed by atoms with van der Waals surface area (Å²) in [6, 6.07) is 3.35. The van der Waals surface area contributed by atoms with Crippen LogP contribution in [0.15, 0.2) is 39.9 Å². The summed E-state index contributed by atoms with van der Waals surface area (Å²) in [5.41, 5.74) is -0.759. The largest absolute Gasteiger partial charge is 0.507 e. The molecular formula is C13H14F2N2O5. The Morgan fingerprint density at radius 1 is 1.36 bits per heavy atom. The van der Waals surface area contributed by atoms with Crippen molar-refractivity contribution in [3.63, 3.8) is 0 Å². The van der Waals surface area contributed by atoms with Gasteiger partial charge >= 0.3 is 5.97 Å². The van der Waals surface area contributed by atoms with Gasteiger partial charge in [0.1, 0.15) is 18.0 Å². The second kappa shape index (κ2) is 8.67. The molecule has 0 amide bonds. The van der Waals surface area contributed by atoms with Gasteiger partial charge in [-0.3, -0.25) is 0 Å². The molecule has 7 nitrogen and oxygen atoms in total. The smallest absolute Gasteiger partial charge is 0.362 e. The van der Waals surface area contributed by atoms with Crippen molar-refractivity contribution in [2.75, 3.05) is 27.7 Å². The van der Waals surface area contributed by atoms with Crippen LogP contribution in [0.1, 0.15) is 0 Å². The molecule has 0 aliphatic rings. The highest BCUT2D eigenvalue weighted by molar-refractivity contribution is 5.88. The van der Waals surface area contributed by atoms with Gasteiger partial charge in [0.15, 0.2) is 11.6 Å². The molecule has 1 aromatic rings. The van der Waals surface area contributed by atoms with Crippen LogP contribution in [0.5, 0.6) is 5.75 Å². The van der Waals surface area contributed by atoms with Gasteiger partial charge < -0.3 is 19.3 Å². The monoisotopic (exact) mass is 316 g/mol. The van der Waals surface area contributed by atoms with Crippen molar-refractivity contribution in [1.82, 2.24) is 0 Å². The molecule has 1 rings (SSSR count). The number of hydrogen-bond donors (Lipinski definition) is 1. The van der Waals surface area contributed by atoms with E-state index in [1.807, 2.05) is 0 Å². The Labute approximate surface area is 124 Å². The number of carbonyl (C=O) groups excluding carboxylic acids is 1. The van der Waals surface area contributed by atoms with Gasteiger partial charge in [0.2, 0.25) is 12.6 Å². The van der Waals surface area contributed by atoms with Crippen LogP contribution in [0, 0.1) is 5.82 Å². The van der Waals surface area contributed by atoms with E-state index in [2.05, 4.69) is 24.4 Å². The Morgan fingerprint density at radius 3 is 2.64 bits per heavy atom. The maximum atomic E-state index is 13.7. The number of aliphatic hydroxyl groups is 1. The van der Waals surface area contributed by atoms with E-state index in [1.54, 1.807) is 0 Å². The van der Waals surface area contributed by atoms with E-state index in [1.165, 1.54) is 19.2 Å². The topological polar surface area (TPSA) is 89.7 Å². The molecule has 0 aliphatic carbocycles. The first-order valence-electron chi connectivity index (χ1n) is 5.92. The van der Waals surface area contributed by atoms with Crippen LogP contribution in [-0.2, 0) is 14.3 Å². The lowest BCUT2D eigenvalue weighted by Crippen LogP contribution is -2.08. The Morgan fingerprint density at radius 2 is 2.09 bits per heavy atom. The molecule has 0 heterocycles. The van der Waals surface area contributed by atoms with Crippen molar-refractivity contribution in [2.45, 2.75) is 0 Å². The fourth-order valence-electron chi connectivity index (χ4n) is 1.34. The van der Waals surface area contributed by atoms with E-state index < -0.39 is 30.1 Å². The molecule has 0 unspecified atom stereocenters. The van der Waals surface area contributed by atoms with Gasteiger partial charge in [-0.15, -0.1) is 10.2 Å². The summed E-state index contributed by atoms with van der Waals surface area (Å²) in [5, 5.41) is 16.6. The van der Waals surface area contributed by atoms with E-state index in [4.69, 9.17) is 0 Å². The Hall–Kier alpha value is -2.55. The van der Waals surface area contributed by atoms with Gasteiger partial charge in [-0.1, -0.05) is 0 Å². The minimum Gasteiger partial charge on any atom is -0.507 e. The molecule has 0 saturated heterocycles. The van der Waals surface area contributed by atoms with Crippen molar-refractivity contribution >= 4 is 11.7 Å². The zero-order valence-electron chi connectivity index (χ0n) is 11.9. The molecule has 1 aromatic carbocycles. The second-order valence-electron chi connectivity index (χ2n) is 3.79. The number of halogens is 2. The van der Waals surface area contributed by atoms with E-state index >= 15 is 0 Å². The molecule has 120 valence electrons. The summed E-state index contributed by atoms with van der Waals surface area (Å²) in [6.07, 6.45) is 0. The van der Waals surface area contributed by atoms with Crippen molar-refractivity contribution in [3.05, 3.63) is 35.5 Å². The van der Waals surface area contributed by atoms with Crippen molar-refractivity contribution in [3.8, 4) is 5.75 Å². The van der Waals surface area contributed by atoms with Crippen LogP contribution in [0.2, 0.25) is 0 Å². The molecule has 0 fully saturated rings. The number of aliphatic hydroxyl groups excluding tert-OH is 1. The highest BCUT2D eigenvalue weighted by atomic mass is 19.1. The maximum absolute atomic E-state index is 13.7. The molecule has 22 heavy (non-hydrogen) atoms. The first-order chi connectivity index (χ1) is 10.5. The average molecular weight is 316 g/mol. The fourth-order valence-corrected chi connectivity index (χ4v) is 1.34. The van der Waals surface area contributed by atoms with Crippen LogP contribution < -0.4 is 4.74 Å². The summed E-state index contributed by atoms with van der Waals surface area (Å²) >= 11 is 0. The standard InChI is InChI=1S/C13H14F2N2O5/c1-20-6-11(18)12(13(19)21-2)17-16-10-4-3-8(22-7-14)5-9(10)15/h3-5,18H,6-7H2,1-2H3. The number of azo groups is 1. The lowest BCUT2D eigenvalue weighted by atomic mass is 10.3. The van der Waals surface area contributed by atoms with Crippen LogP contribution in [0.25, 0.3) is 0 Å². The summed E-state index contributed by atoms with van der Waals surface area (Å²) in [4.78, 5) is 11.5. The predicted molar refractivity (Wildman–Crippen MR) is 71.1 cm³/mol. The molecule has 0 spiro atoms. The van der Waals surface area contributed by atoms with Crippen molar-refractivity contribution in [1.29, 1.82) is 0 Å². The number of esters is 1. The minimum absolute atomic E-state index is 0.0232. The lowest BCUT2D eigenvalue weighted by molar-refractivity contribution is -0.136. The normalized spacial score (nSPS) is 12.2. The molecule has 0 bridgehead atoms. The number of carbonyl (C=O) groups is 1. The Balaban J connectivity index is 3.05. The maximum Gasteiger partial charge on any atom is 0.362 e. The third-order valence-corrected chi connectivity index (χ3v) is 2.33. The third kappa shape index (κ3) is 4.77. The highest BCUT2D eigenvalue weighted by Gasteiger charge is 2.16. The molecule has 0 saturated carbocycles. The van der Waals surface area contributed by atoms with Crippen LogP contribution in [0.3, 0.4) is 0 Å². The minimum atomic E-state index is -1.10. The number of hydrogen-bond acceptors (Lipinski definition) is 7. The molecule has 0 radical (unpaired) electrons. The Bertz CT molecular complexity index is 590. The quantitative estimate of drug-likeness (QED) is 0.361. The summed E-state index contributed by atoms with van der Waals surface area (Å²) in [7, 11) is 2.38. The van der Waals surface area contributed by atoms with Crippen LogP contribution in [-0.4, -0.2) is 38.8 Å². The molecule has 0 aliphatic heterocycles. The van der Waals surface area contributed by atoms with Gasteiger partial charge in [0, 0.05) is 13.2 Å². The van der Waals surface area contributed by atoms with E-state index in [9.17, 15) is 18.7 Å². The predicted octanol–water partition coefficient (Wildman–Crippen LogP) is 2.80. The summed E-state index contributed by atoms with van der Waals surface area (Å²) in [5.74, 6) is -2.35. The molecule has 0 aromatic heterocycles. The first-order valence-corrected chi connectivity index (χ1v) is 5.92. The number of alkyl halides is 1. The number of nitrogens with zero attached hydrogens (tertiary/aromatic N) is 2. The molecule has 1 N–H and O–H groups in total. The van der Waals surface area contributed by atoms with E-state index in [0.29, 0.717) is 0 Å². The van der Waals surface area contributed by atoms with Crippen molar-refractivity contribution < 1.29 is 32.9 Å². The lowest BCUT2D eigenvalue weighted by Gasteiger charge is -2.04. The second-order valence-corrected chi connectivity index (χ2v) is 3.79. The van der Waals surface area contributed by atoms with Crippen LogP contribution >= 0.6 is 0 Å². The molecule has 9 heteroatoms. The van der Waals surface area contributed by atoms with Gasteiger partial charge in [-0.25, -0.2) is 13.6 Å². The number of benzene rings is 1. The molecule has 0 atom stereocenters. The highest BCUT2D eigenvalue weighted by Crippen LogP contribution is 2.24. The average Bonchev–Trinajstić information content (AvgIpc) is 2.49. The van der Waals surface area contributed by atoms with Crippen LogP contribution in [0.4, 0.5) is 14.5 Å². The van der Waals surface area contributed by atoms with E-state index in [-0.39, 0.29) is 18.0 Å². The zero-order chi connectivity index (χ0) is 16.5. The van der Waals surface area contributed by atoms with Gasteiger partial charge in [0.05, 0.1) is 7.11 Å². The molecular weight excluding hydrogens is 302 g/mol. The summed E-state index contributed by atoms with van der Waals surface area (Å²) < 4.78 is 39.2.